The van der Waals surface area contributed by atoms with E-state index in [9.17, 15) is 9.90 Å². The number of aromatic nitrogens is 2. The molecule has 1 aromatic rings. The highest BCUT2D eigenvalue weighted by atomic mass is 19.1. The van der Waals surface area contributed by atoms with E-state index in [1.165, 1.54) is 0 Å². The van der Waals surface area contributed by atoms with E-state index >= 15 is 4.39 Å². The van der Waals surface area contributed by atoms with Crippen molar-refractivity contribution in [2.24, 2.45) is 35.0 Å². The van der Waals surface area contributed by atoms with E-state index in [1.807, 2.05) is 6.07 Å². The van der Waals surface area contributed by atoms with Gasteiger partial charge in [-0.1, -0.05) is 6.92 Å². The van der Waals surface area contributed by atoms with E-state index in [4.69, 9.17) is 10.00 Å². The Labute approximate surface area is 201 Å². The summed E-state index contributed by atoms with van der Waals surface area (Å²) >= 11 is 0. The minimum absolute atomic E-state index is 0.0340. The van der Waals surface area contributed by atoms with Crippen LogP contribution >= 0.6 is 0 Å². The van der Waals surface area contributed by atoms with E-state index in [0.717, 1.165) is 44.1 Å². The molecule has 8 atom stereocenters. The Bertz CT molecular complexity index is 1030. The zero-order chi connectivity index (χ0) is 24.1. The molecule has 5 rings (SSSR count). The zero-order valence-corrected chi connectivity index (χ0v) is 20.3. The molecule has 184 valence electrons. The number of halogens is 1. The Balaban J connectivity index is 1.34. The third-order valence-corrected chi connectivity index (χ3v) is 10.2. The van der Waals surface area contributed by atoms with Crippen LogP contribution in [0.15, 0.2) is 17.8 Å². The molecule has 0 spiro atoms. The minimum Gasteiger partial charge on any atom is -0.387 e. The van der Waals surface area contributed by atoms with Gasteiger partial charge in [-0.05, 0) is 98.9 Å². The highest BCUT2D eigenvalue weighted by Gasteiger charge is 2.63. The quantitative estimate of drug-likeness (QED) is 0.652. The zero-order valence-electron chi connectivity index (χ0n) is 20.3. The van der Waals surface area contributed by atoms with Crippen molar-refractivity contribution in [3.05, 3.63) is 23.5 Å². The fraction of sp³-hybridized carbons (Fsp3) is 0.778. The van der Waals surface area contributed by atoms with Crippen LogP contribution in [-0.4, -0.2) is 45.8 Å². The number of hydrogen-bond donors (Lipinski definition) is 1. The molecule has 4 fully saturated rings. The first-order chi connectivity index (χ1) is 16.3. The number of ether oxygens (including phenoxy) is 1. The highest BCUT2D eigenvalue weighted by molar-refractivity contribution is 5.54. The van der Waals surface area contributed by atoms with Crippen molar-refractivity contribution in [1.29, 1.82) is 5.26 Å². The van der Waals surface area contributed by atoms with Crippen LogP contribution in [0.2, 0.25) is 0 Å². The summed E-state index contributed by atoms with van der Waals surface area (Å²) in [5.41, 5.74) is -1.06. The number of nitriles is 1. The third kappa shape index (κ3) is 3.66. The predicted octanol–water partition coefficient (Wildman–Crippen LogP) is 4.25. The number of rotatable bonds is 5. The summed E-state index contributed by atoms with van der Waals surface area (Å²) in [6.07, 6.45) is 8.65. The fourth-order valence-corrected chi connectivity index (χ4v) is 8.74. The lowest BCUT2D eigenvalue weighted by Crippen LogP contribution is -2.59. The molecule has 0 radical (unpaired) electrons. The Morgan fingerprint density at radius 2 is 2.09 bits per heavy atom. The van der Waals surface area contributed by atoms with Crippen LogP contribution < -0.4 is 0 Å². The number of alkyl halides is 1. The Kier molecular flexibility index (Phi) is 5.99. The molecule has 1 heterocycles. The highest BCUT2D eigenvalue weighted by Crippen LogP contribution is 2.67. The van der Waals surface area contributed by atoms with Crippen molar-refractivity contribution in [2.45, 2.75) is 82.5 Å². The molecule has 0 amide bonds. The Hall–Kier alpha value is -2.00. The van der Waals surface area contributed by atoms with Crippen molar-refractivity contribution in [1.82, 2.24) is 9.78 Å². The van der Waals surface area contributed by atoms with Crippen LogP contribution in [0.25, 0.3) is 0 Å². The average molecular weight is 470 g/mol. The number of nitrogens with zero attached hydrogens (tertiary/aromatic N) is 3. The summed E-state index contributed by atoms with van der Waals surface area (Å²) in [5, 5.41) is 24.2. The van der Waals surface area contributed by atoms with E-state index in [0.29, 0.717) is 43.3 Å². The van der Waals surface area contributed by atoms with Crippen LogP contribution in [0.1, 0.15) is 70.4 Å². The van der Waals surface area contributed by atoms with Gasteiger partial charge >= 0.3 is 0 Å². The molecule has 1 aromatic heterocycles. The van der Waals surface area contributed by atoms with Crippen LogP contribution in [-0.2, 0) is 16.1 Å². The molecule has 4 saturated carbocycles. The predicted molar refractivity (Wildman–Crippen MR) is 124 cm³/mol. The number of hydrogen-bond acceptors (Lipinski definition) is 5. The van der Waals surface area contributed by atoms with Crippen LogP contribution in [0, 0.1) is 46.3 Å². The molecule has 4 aliphatic rings. The normalized spacial score (nSPS) is 43.2. The first-order valence-corrected chi connectivity index (χ1v) is 12.8. The maximum absolute atomic E-state index is 16.7. The first kappa shape index (κ1) is 23.7. The van der Waals surface area contributed by atoms with Gasteiger partial charge in [0.1, 0.15) is 17.7 Å². The molecule has 6 nitrogen and oxygen atoms in total. The fourth-order valence-electron chi connectivity index (χ4n) is 8.74. The van der Waals surface area contributed by atoms with E-state index in [2.05, 4.69) is 18.0 Å². The number of fused-ring (bicyclic) bond motifs is 5. The molecule has 34 heavy (non-hydrogen) atoms. The van der Waals surface area contributed by atoms with Gasteiger partial charge in [0.2, 0.25) is 0 Å². The topological polar surface area (TPSA) is 88.1 Å². The summed E-state index contributed by atoms with van der Waals surface area (Å²) in [4.78, 5) is 12.1. The second-order valence-corrected chi connectivity index (χ2v) is 11.8. The van der Waals surface area contributed by atoms with E-state index < -0.39 is 11.3 Å². The molecular weight excluding hydrogens is 433 g/mol. The molecule has 1 N–H and O–H groups in total. The molecule has 0 unspecified atom stereocenters. The lowest BCUT2D eigenvalue weighted by molar-refractivity contribution is -0.176. The lowest BCUT2D eigenvalue weighted by Gasteiger charge is -2.59. The van der Waals surface area contributed by atoms with Crippen molar-refractivity contribution in [3.8, 4) is 6.07 Å². The molecular formula is C27H36FN3O3. The maximum atomic E-state index is 16.7. The minimum atomic E-state index is -1.20. The van der Waals surface area contributed by atoms with E-state index in [-0.39, 0.29) is 29.8 Å². The molecule has 4 aliphatic carbocycles. The summed E-state index contributed by atoms with van der Waals surface area (Å²) in [5.74, 6) is 3.04. The third-order valence-electron chi connectivity index (χ3n) is 10.2. The molecule has 0 aliphatic heterocycles. The second-order valence-electron chi connectivity index (χ2n) is 11.8. The molecule has 0 bridgehead atoms. The van der Waals surface area contributed by atoms with Gasteiger partial charge in [0.25, 0.3) is 0 Å². The molecule has 0 saturated heterocycles. The lowest BCUT2D eigenvalue weighted by atomic mass is 9.47. The number of carbonyl (C=O) groups excluding carboxylic acids is 1. The summed E-state index contributed by atoms with van der Waals surface area (Å²) < 4.78 is 23.6. The maximum Gasteiger partial charge on any atom is 0.162 e. The van der Waals surface area contributed by atoms with Gasteiger partial charge in [0.05, 0.1) is 18.8 Å². The van der Waals surface area contributed by atoms with E-state index in [1.54, 1.807) is 24.1 Å². The average Bonchev–Trinajstić information content (AvgIpc) is 3.42. The number of allylic oxidation sites excluding steroid dienone is 1. The van der Waals surface area contributed by atoms with Gasteiger partial charge in [0, 0.05) is 18.9 Å². The van der Waals surface area contributed by atoms with Crippen LogP contribution in [0.3, 0.4) is 0 Å². The van der Waals surface area contributed by atoms with Gasteiger partial charge in [-0.25, -0.2) is 9.18 Å². The van der Waals surface area contributed by atoms with Crippen molar-refractivity contribution in [2.75, 3.05) is 13.7 Å². The second kappa shape index (κ2) is 8.59. The molecule has 0 aromatic carbocycles. The van der Waals surface area contributed by atoms with Crippen molar-refractivity contribution in [3.63, 3.8) is 0 Å². The van der Waals surface area contributed by atoms with Gasteiger partial charge in [-0.15, -0.1) is 0 Å². The van der Waals surface area contributed by atoms with Crippen molar-refractivity contribution >= 4 is 5.94 Å². The monoisotopic (exact) mass is 469 g/mol. The standard InChI is InChI=1S/C27H36FN3O3/c1-25-9-7-24-21(4-3-19-13-26(33,17-34-2)10-11-27(19,24)28)23(25)6-5-22(25)18(16-32)15-31-12-8-20(14-29)30-31/h8,12,19,21-24,33H,3-7,9-11,13,15,17H2,1-2H3/t19-,21+,22-,23+,24+,25-,26-,27-/m1/s1. The first-order valence-electron chi connectivity index (χ1n) is 12.8. The summed E-state index contributed by atoms with van der Waals surface area (Å²) in [6, 6.07) is 3.69. The summed E-state index contributed by atoms with van der Waals surface area (Å²) in [7, 11) is 1.60. The molecule has 7 heteroatoms. The van der Waals surface area contributed by atoms with Crippen LogP contribution in [0.4, 0.5) is 4.39 Å². The van der Waals surface area contributed by atoms with Crippen LogP contribution in [0.5, 0.6) is 0 Å². The summed E-state index contributed by atoms with van der Waals surface area (Å²) in [6.45, 7) is 2.95. The largest absolute Gasteiger partial charge is 0.387 e. The van der Waals surface area contributed by atoms with Gasteiger partial charge in [-0.2, -0.15) is 10.4 Å². The van der Waals surface area contributed by atoms with Gasteiger partial charge in [-0.3, -0.25) is 4.68 Å². The van der Waals surface area contributed by atoms with Gasteiger partial charge < -0.3 is 9.84 Å². The Morgan fingerprint density at radius 1 is 1.26 bits per heavy atom. The smallest absolute Gasteiger partial charge is 0.162 e. The van der Waals surface area contributed by atoms with Gasteiger partial charge in [0.15, 0.2) is 5.69 Å². The van der Waals surface area contributed by atoms with Crippen molar-refractivity contribution < 1.29 is 19.0 Å². The SMILES string of the molecule is COC[C@@]1(O)CC[C@@]2(F)[C@H](CC[C@H]3[C@@H]4CC[C@H](C(=C=O)Cn5ccc(C#N)n5)[C@@]4(C)CC[C@@H]32)C1. The Morgan fingerprint density at radius 3 is 2.79 bits per heavy atom. The number of aliphatic hydroxyl groups is 1. The number of methoxy groups -OCH3 is 1.